The molecule has 0 saturated carbocycles. The highest BCUT2D eigenvalue weighted by Crippen LogP contribution is 2.30. The van der Waals surface area contributed by atoms with Crippen LogP contribution >= 0.6 is 0 Å². The maximum Gasteiger partial charge on any atom is 0.335 e. The van der Waals surface area contributed by atoms with Crippen LogP contribution in [0.25, 0.3) is 0 Å². The first kappa shape index (κ1) is 18.4. The van der Waals surface area contributed by atoms with Crippen molar-refractivity contribution >= 4 is 29.2 Å². The first-order chi connectivity index (χ1) is 13.0. The van der Waals surface area contributed by atoms with E-state index in [0.717, 1.165) is 31.6 Å². The van der Waals surface area contributed by atoms with Crippen molar-refractivity contribution in [3.05, 3.63) is 59.2 Å². The third-order valence-electron chi connectivity index (χ3n) is 4.60. The molecule has 0 spiro atoms. The molecule has 0 bridgehead atoms. The zero-order valence-electron chi connectivity index (χ0n) is 14.8. The third kappa shape index (κ3) is 4.25. The van der Waals surface area contributed by atoms with E-state index in [1.807, 2.05) is 0 Å². The van der Waals surface area contributed by atoms with Gasteiger partial charge in [-0.05, 0) is 55.7 Å². The van der Waals surface area contributed by atoms with Gasteiger partial charge < -0.3 is 21.1 Å². The number of nitrogens with one attached hydrogen (secondary N) is 1. The maximum atomic E-state index is 12.7. The standard InChI is InChI=1S/C20H21N3O4/c21-18(24)13-7-8-17(23-9-2-1-3-10-23)16(12-13)22-19(25)14-5-4-6-15(11-14)20(26)27/h4-8,11-12H,1-3,9-10H2,(H2,21,24)(H,22,25)(H,26,27). The van der Waals surface area contributed by atoms with Crippen LogP contribution in [0.2, 0.25) is 0 Å². The first-order valence-electron chi connectivity index (χ1n) is 8.79. The van der Waals surface area contributed by atoms with Gasteiger partial charge in [-0.3, -0.25) is 9.59 Å². The van der Waals surface area contributed by atoms with E-state index in [2.05, 4.69) is 10.2 Å². The van der Waals surface area contributed by atoms with Crippen molar-refractivity contribution in [3.8, 4) is 0 Å². The van der Waals surface area contributed by atoms with Crippen LogP contribution in [0.1, 0.15) is 50.3 Å². The van der Waals surface area contributed by atoms with Crippen LogP contribution in [-0.2, 0) is 0 Å². The molecular weight excluding hydrogens is 346 g/mol. The molecule has 3 rings (SSSR count). The fourth-order valence-corrected chi connectivity index (χ4v) is 3.19. The number of hydrogen-bond acceptors (Lipinski definition) is 4. The minimum atomic E-state index is -1.10. The second-order valence-electron chi connectivity index (χ2n) is 6.48. The predicted molar refractivity (Wildman–Crippen MR) is 102 cm³/mol. The molecule has 0 unspecified atom stereocenters. The van der Waals surface area contributed by atoms with Crippen LogP contribution in [0.15, 0.2) is 42.5 Å². The molecule has 4 N–H and O–H groups in total. The number of hydrogen-bond donors (Lipinski definition) is 3. The first-order valence-corrected chi connectivity index (χ1v) is 8.79. The Labute approximate surface area is 156 Å². The van der Waals surface area contributed by atoms with Crippen molar-refractivity contribution in [1.29, 1.82) is 0 Å². The largest absolute Gasteiger partial charge is 0.478 e. The summed E-state index contributed by atoms with van der Waals surface area (Å²) in [6.45, 7) is 1.74. The molecule has 7 heteroatoms. The average molecular weight is 367 g/mol. The number of nitrogens with zero attached hydrogens (tertiary/aromatic N) is 1. The number of piperidine rings is 1. The van der Waals surface area contributed by atoms with Crippen molar-refractivity contribution in [1.82, 2.24) is 0 Å². The lowest BCUT2D eigenvalue weighted by Gasteiger charge is -2.30. The SMILES string of the molecule is NC(=O)c1ccc(N2CCCCC2)c(NC(=O)c2cccc(C(=O)O)c2)c1. The van der Waals surface area contributed by atoms with Crippen LogP contribution in [0.4, 0.5) is 11.4 Å². The number of carbonyl (C=O) groups excluding carboxylic acids is 2. The molecule has 0 aromatic heterocycles. The smallest absolute Gasteiger partial charge is 0.335 e. The van der Waals surface area contributed by atoms with Crippen LogP contribution in [0.5, 0.6) is 0 Å². The Kier molecular flexibility index (Phi) is 5.40. The number of aromatic carboxylic acids is 1. The number of nitrogens with two attached hydrogens (primary N) is 1. The van der Waals surface area contributed by atoms with E-state index in [4.69, 9.17) is 10.8 Å². The summed E-state index contributed by atoms with van der Waals surface area (Å²) >= 11 is 0. The summed E-state index contributed by atoms with van der Waals surface area (Å²) in [5.74, 6) is -2.13. The fourth-order valence-electron chi connectivity index (χ4n) is 3.19. The van der Waals surface area contributed by atoms with E-state index in [9.17, 15) is 14.4 Å². The summed E-state index contributed by atoms with van der Waals surface area (Å²) in [5, 5.41) is 11.9. The van der Waals surface area contributed by atoms with Gasteiger partial charge in [0.1, 0.15) is 0 Å². The lowest BCUT2D eigenvalue weighted by atomic mass is 10.1. The molecule has 1 saturated heterocycles. The zero-order chi connectivity index (χ0) is 19.4. The number of amides is 2. The fraction of sp³-hybridized carbons (Fsp3) is 0.250. The number of carboxylic acid groups (broad SMARTS) is 1. The topological polar surface area (TPSA) is 113 Å². The summed E-state index contributed by atoms with van der Waals surface area (Å²) in [7, 11) is 0. The van der Waals surface area contributed by atoms with Gasteiger partial charge in [0.05, 0.1) is 16.9 Å². The second-order valence-corrected chi connectivity index (χ2v) is 6.48. The van der Waals surface area contributed by atoms with Crippen LogP contribution in [-0.4, -0.2) is 36.0 Å². The van der Waals surface area contributed by atoms with E-state index in [-0.39, 0.29) is 11.1 Å². The van der Waals surface area contributed by atoms with Gasteiger partial charge in [0.15, 0.2) is 0 Å². The van der Waals surface area contributed by atoms with Gasteiger partial charge in [-0.15, -0.1) is 0 Å². The lowest BCUT2D eigenvalue weighted by Crippen LogP contribution is -2.30. The molecule has 0 aliphatic carbocycles. The number of rotatable bonds is 5. The highest BCUT2D eigenvalue weighted by molar-refractivity contribution is 6.08. The third-order valence-corrected chi connectivity index (χ3v) is 4.60. The molecule has 1 aliphatic heterocycles. The Morgan fingerprint density at radius 2 is 1.63 bits per heavy atom. The summed E-state index contributed by atoms with van der Waals surface area (Å²) in [6.07, 6.45) is 3.29. The van der Waals surface area contributed by atoms with Crippen molar-refractivity contribution in [2.45, 2.75) is 19.3 Å². The molecule has 2 aromatic rings. The Morgan fingerprint density at radius 1 is 0.926 bits per heavy atom. The van der Waals surface area contributed by atoms with Gasteiger partial charge in [0.25, 0.3) is 5.91 Å². The zero-order valence-corrected chi connectivity index (χ0v) is 14.8. The van der Waals surface area contributed by atoms with E-state index in [1.54, 1.807) is 24.3 Å². The lowest BCUT2D eigenvalue weighted by molar-refractivity contribution is 0.0696. The Morgan fingerprint density at radius 3 is 2.30 bits per heavy atom. The van der Waals surface area contributed by atoms with Crippen molar-refractivity contribution in [2.75, 3.05) is 23.3 Å². The molecule has 2 amide bonds. The van der Waals surface area contributed by atoms with Gasteiger partial charge in [-0.1, -0.05) is 6.07 Å². The molecular formula is C20H21N3O4. The number of anilines is 2. The molecule has 0 atom stereocenters. The second kappa shape index (κ2) is 7.90. The molecule has 1 heterocycles. The van der Waals surface area contributed by atoms with Crippen molar-refractivity contribution in [3.63, 3.8) is 0 Å². The molecule has 27 heavy (non-hydrogen) atoms. The quantitative estimate of drug-likeness (QED) is 0.752. The maximum absolute atomic E-state index is 12.7. The van der Waals surface area contributed by atoms with Gasteiger partial charge >= 0.3 is 5.97 Å². The summed E-state index contributed by atoms with van der Waals surface area (Å²) in [5.41, 5.74) is 7.24. The van der Waals surface area contributed by atoms with Crippen molar-refractivity contribution in [2.24, 2.45) is 5.73 Å². The van der Waals surface area contributed by atoms with E-state index < -0.39 is 17.8 Å². The average Bonchev–Trinajstić information content (AvgIpc) is 2.68. The summed E-state index contributed by atoms with van der Waals surface area (Å²) in [6, 6.07) is 10.8. The minimum absolute atomic E-state index is 0.0322. The van der Waals surface area contributed by atoms with Crippen molar-refractivity contribution < 1.29 is 19.5 Å². The Bertz CT molecular complexity index is 889. The molecule has 2 aromatic carbocycles. The molecule has 1 aliphatic rings. The van der Waals surface area contributed by atoms with Crippen LogP contribution in [0, 0.1) is 0 Å². The van der Waals surface area contributed by atoms with Gasteiger partial charge in [0, 0.05) is 24.2 Å². The number of carbonyl (C=O) groups is 3. The Hall–Kier alpha value is -3.35. The number of primary amides is 1. The molecule has 0 radical (unpaired) electrons. The normalized spacial score (nSPS) is 13.9. The van der Waals surface area contributed by atoms with E-state index >= 15 is 0 Å². The molecule has 140 valence electrons. The van der Waals surface area contributed by atoms with Gasteiger partial charge in [-0.2, -0.15) is 0 Å². The Balaban J connectivity index is 1.92. The number of benzene rings is 2. The summed E-state index contributed by atoms with van der Waals surface area (Å²) < 4.78 is 0. The highest BCUT2D eigenvalue weighted by Gasteiger charge is 2.18. The predicted octanol–water partition coefficient (Wildman–Crippen LogP) is 2.73. The monoisotopic (exact) mass is 367 g/mol. The highest BCUT2D eigenvalue weighted by atomic mass is 16.4. The molecule has 1 fully saturated rings. The van der Waals surface area contributed by atoms with Crippen LogP contribution < -0.4 is 16.0 Å². The molecule has 7 nitrogen and oxygen atoms in total. The van der Waals surface area contributed by atoms with Gasteiger partial charge in [0.2, 0.25) is 5.91 Å². The van der Waals surface area contributed by atoms with Gasteiger partial charge in [-0.25, -0.2) is 4.79 Å². The summed E-state index contributed by atoms with van der Waals surface area (Å²) in [4.78, 5) is 37.5. The van der Waals surface area contributed by atoms with E-state index in [1.165, 1.54) is 24.6 Å². The number of carboxylic acids is 1. The minimum Gasteiger partial charge on any atom is -0.478 e. The van der Waals surface area contributed by atoms with Crippen LogP contribution in [0.3, 0.4) is 0 Å². The van der Waals surface area contributed by atoms with E-state index in [0.29, 0.717) is 11.3 Å².